The van der Waals surface area contributed by atoms with Crippen LogP contribution in [-0.2, 0) is 13.0 Å². The van der Waals surface area contributed by atoms with Gasteiger partial charge in [0, 0.05) is 19.2 Å². The second-order valence-electron chi connectivity index (χ2n) is 7.14. The van der Waals surface area contributed by atoms with E-state index in [2.05, 4.69) is 0 Å². The van der Waals surface area contributed by atoms with Crippen LogP contribution in [-0.4, -0.2) is 33.5 Å². The Morgan fingerprint density at radius 3 is 2.67 bits per heavy atom. The zero-order chi connectivity index (χ0) is 22.0. The zero-order valence-corrected chi connectivity index (χ0v) is 17.2. The highest BCUT2D eigenvalue weighted by molar-refractivity contribution is 6.30. The number of aromatic carboxylic acids is 1. The number of aliphatic hydroxyl groups excluding tert-OH is 1. The molecule has 0 aliphatic carbocycles. The largest absolute Gasteiger partial charge is 0.489 e. The molecule has 0 saturated carbocycles. The van der Waals surface area contributed by atoms with Crippen molar-refractivity contribution >= 4 is 28.5 Å². The molecule has 1 aromatic heterocycles. The van der Waals surface area contributed by atoms with Gasteiger partial charge in [0.05, 0.1) is 28.6 Å². The average molecular weight is 434 g/mol. The Bertz CT molecular complexity index is 1170. The highest BCUT2D eigenvalue weighted by Gasteiger charge is 2.20. The molecular weight excluding hydrogens is 413 g/mol. The average Bonchev–Trinajstić information content (AvgIpc) is 2.67. The number of ether oxygens (including phenoxy) is 1. The smallest absolute Gasteiger partial charge is 0.341 e. The van der Waals surface area contributed by atoms with Crippen molar-refractivity contribution in [2.75, 3.05) is 6.61 Å². The molecule has 0 bridgehead atoms. The summed E-state index contributed by atoms with van der Waals surface area (Å²) in [6, 6.07) is 7.89. The molecule has 0 saturated heterocycles. The van der Waals surface area contributed by atoms with Crippen molar-refractivity contribution < 1.29 is 24.1 Å². The molecule has 2 aromatic carbocycles. The van der Waals surface area contributed by atoms with E-state index in [9.17, 15) is 24.2 Å². The van der Waals surface area contributed by atoms with E-state index in [0.29, 0.717) is 22.4 Å². The number of hydrogen-bond donors (Lipinski definition) is 2. The van der Waals surface area contributed by atoms with Gasteiger partial charge in [-0.2, -0.15) is 0 Å². The van der Waals surface area contributed by atoms with Crippen LogP contribution in [0, 0.1) is 5.82 Å². The van der Waals surface area contributed by atoms with Gasteiger partial charge < -0.3 is 19.5 Å². The molecular formula is C22H21ClFNO5. The van der Waals surface area contributed by atoms with Gasteiger partial charge >= 0.3 is 5.97 Å². The van der Waals surface area contributed by atoms with Crippen LogP contribution in [0.4, 0.5) is 4.39 Å². The number of carboxylic acids is 1. The predicted octanol–water partition coefficient (Wildman–Crippen LogP) is 3.86. The van der Waals surface area contributed by atoms with E-state index in [1.54, 1.807) is 18.2 Å². The SMILES string of the molecule is CC(C)Oc1cc(Cc2cccc(Cl)c2F)cc2c(=O)c(C(=O)O)cn(CCO)c12. The number of halogens is 2. The third kappa shape index (κ3) is 4.32. The van der Waals surface area contributed by atoms with E-state index < -0.39 is 22.8 Å². The molecule has 6 nitrogen and oxygen atoms in total. The molecule has 0 aliphatic heterocycles. The van der Waals surface area contributed by atoms with Crippen LogP contribution in [0.5, 0.6) is 5.75 Å². The minimum absolute atomic E-state index is 0.00888. The van der Waals surface area contributed by atoms with Gasteiger partial charge in [-0.15, -0.1) is 0 Å². The van der Waals surface area contributed by atoms with E-state index in [0.717, 1.165) is 0 Å². The van der Waals surface area contributed by atoms with Gasteiger partial charge in [-0.3, -0.25) is 4.79 Å². The number of aliphatic hydroxyl groups is 1. The molecule has 0 atom stereocenters. The summed E-state index contributed by atoms with van der Waals surface area (Å²) in [5.74, 6) is -1.57. The summed E-state index contributed by atoms with van der Waals surface area (Å²) in [6.07, 6.45) is 1.10. The molecule has 0 amide bonds. The highest BCUT2D eigenvalue weighted by Crippen LogP contribution is 2.30. The Labute approximate surface area is 177 Å². The highest BCUT2D eigenvalue weighted by atomic mass is 35.5. The van der Waals surface area contributed by atoms with Crippen LogP contribution in [0.2, 0.25) is 5.02 Å². The number of pyridine rings is 1. The van der Waals surface area contributed by atoms with Crippen LogP contribution >= 0.6 is 11.6 Å². The maximum atomic E-state index is 14.4. The topological polar surface area (TPSA) is 88.8 Å². The summed E-state index contributed by atoms with van der Waals surface area (Å²) < 4.78 is 21.8. The summed E-state index contributed by atoms with van der Waals surface area (Å²) in [5.41, 5.74) is 0.186. The van der Waals surface area contributed by atoms with Crippen molar-refractivity contribution in [1.29, 1.82) is 0 Å². The molecule has 3 rings (SSSR count). The Hall–Kier alpha value is -2.90. The normalized spacial score (nSPS) is 11.3. The fourth-order valence-corrected chi connectivity index (χ4v) is 3.54. The van der Waals surface area contributed by atoms with Gasteiger partial charge in [-0.25, -0.2) is 9.18 Å². The third-order valence-corrected chi connectivity index (χ3v) is 4.85. The second-order valence-corrected chi connectivity index (χ2v) is 7.55. The first-order valence-corrected chi connectivity index (χ1v) is 9.74. The number of carbonyl (C=O) groups is 1. The maximum Gasteiger partial charge on any atom is 0.341 e. The van der Waals surface area contributed by atoms with Crippen LogP contribution in [0.1, 0.15) is 35.3 Å². The summed E-state index contributed by atoms with van der Waals surface area (Å²) in [5, 5.41) is 19.0. The maximum absolute atomic E-state index is 14.4. The Kier molecular flexibility index (Phi) is 6.43. The first kappa shape index (κ1) is 21.8. The Morgan fingerprint density at radius 2 is 2.03 bits per heavy atom. The molecule has 0 radical (unpaired) electrons. The Balaban J connectivity index is 2.30. The molecule has 30 heavy (non-hydrogen) atoms. The third-order valence-electron chi connectivity index (χ3n) is 4.56. The van der Waals surface area contributed by atoms with Crippen molar-refractivity contribution in [3.8, 4) is 5.75 Å². The van der Waals surface area contributed by atoms with Gasteiger partial charge in [0.1, 0.15) is 17.1 Å². The lowest BCUT2D eigenvalue weighted by Crippen LogP contribution is -2.21. The van der Waals surface area contributed by atoms with Gasteiger partial charge in [0.25, 0.3) is 0 Å². The van der Waals surface area contributed by atoms with E-state index >= 15 is 0 Å². The van der Waals surface area contributed by atoms with Gasteiger partial charge in [-0.05, 0) is 43.2 Å². The van der Waals surface area contributed by atoms with E-state index in [1.807, 2.05) is 13.8 Å². The number of benzene rings is 2. The first-order chi connectivity index (χ1) is 14.2. The standard InChI is InChI=1S/C22H21ClFNO5/c1-12(2)30-18-10-13(8-14-4-3-5-17(23)19(14)24)9-15-20(18)25(6-7-26)11-16(21(15)27)22(28)29/h3-5,9-12,26H,6-8H2,1-2H3,(H,28,29). The quantitative estimate of drug-likeness (QED) is 0.590. The van der Waals surface area contributed by atoms with Crippen LogP contribution in [0.25, 0.3) is 10.9 Å². The van der Waals surface area contributed by atoms with Gasteiger partial charge in [0.2, 0.25) is 5.43 Å². The predicted molar refractivity (Wildman–Crippen MR) is 112 cm³/mol. The summed E-state index contributed by atoms with van der Waals surface area (Å²) >= 11 is 5.87. The summed E-state index contributed by atoms with van der Waals surface area (Å²) in [7, 11) is 0. The van der Waals surface area contributed by atoms with E-state index in [1.165, 1.54) is 22.9 Å². The molecule has 0 spiro atoms. The van der Waals surface area contributed by atoms with Crippen molar-refractivity contribution in [2.24, 2.45) is 0 Å². The van der Waals surface area contributed by atoms with Crippen molar-refractivity contribution in [1.82, 2.24) is 4.57 Å². The van der Waals surface area contributed by atoms with Crippen LogP contribution < -0.4 is 10.2 Å². The Morgan fingerprint density at radius 1 is 1.30 bits per heavy atom. The van der Waals surface area contributed by atoms with Gasteiger partial charge in [-0.1, -0.05) is 23.7 Å². The molecule has 0 unspecified atom stereocenters. The number of carboxylic acid groups (broad SMARTS) is 1. The second kappa shape index (κ2) is 8.85. The number of nitrogens with zero attached hydrogens (tertiary/aromatic N) is 1. The minimum Gasteiger partial charge on any atom is -0.489 e. The van der Waals surface area contributed by atoms with E-state index in [4.69, 9.17) is 16.3 Å². The molecule has 2 N–H and O–H groups in total. The molecule has 3 aromatic rings. The number of aromatic nitrogens is 1. The van der Waals surface area contributed by atoms with E-state index in [-0.39, 0.29) is 36.1 Å². The molecule has 158 valence electrons. The molecule has 8 heteroatoms. The molecule has 0 fully saturated rings. The summed E-state index contributed by atoms with van der Waals surface area (Å²) in [4.78, 5) is 24.5. The van der Waals surface area contributed by atoms with Crippen LogP contribution in [0.15, 0.2) is 41.3 Å². The number of fused-ring (bicyclic) bond motifs is 1. The van der Waals surface area contributed by atoms with Crippen molar-refractivity contribution in [3.63, 3.8) is 0 Å². The molecule has 1 heterocycles. The lowest BCUT2D eigenvalue weighted by atomic mass is 10.0. The number of hydrogen-bond acceptors (Lipinski definition) is 4. The minimum atomic E-state index is -1.37. The molecule has 0 aliphatic rings. The lowest BCUT2D eigenvalue weighted by molar-refractivity contribution is 0.0694. The zero-order valence-electron chi connectivity index (χ0n) is 16.5. The fourth-order valence-electron chi connectivity index (χ4n) is 3.35. The van der Waals surface area contributed by atoms with Crippen molar-refractivity contribution in [2.45, 2.75) is 32.9 Å². The van der Waals surface area contributed by atoms with Gasteiger partial charge in [0.15, 0.2) is 0 Å². The van der Waals surface area contributed by atoms with Crippen LogP contribution in [0.3, 0.4) is 0 Å². The van der Waals surface area contributed by atoms with Crippen molar-refractivity contribution in [3.05, 3.63) is 74.3 Å². The number of rotatable bonds is 7. The fraction of sp³-hybridized carbons (Fsp3) is 0.273. The monoisotopic (exact) mass is 433 g/mol. The lowest BCUT2D eigenvalue weighted by Gasteiger charge is -2.19. The summed E-state index contributed by atoms with van der Waals surface area (Å²) in [6.45, 7) is 3.45. The first-order valence-electron chi connectivity index (χ1n) is 9.36.